The summed E-state index contributed by atoms with van der Waals surface area (Å²) in [4.78, 5) is 49.1. The first-order chi connectivity index (χ1) is 13.6. The van der Waals surface area contributed by atoms with Crippen molar-refractivity contribution in [2.75, 3.05) is 13.1 Å². The van der Waals surface area contributed by atoms with E-state index in [0.29, 0.717) is 19.4 Å². The molecule has 0 aliphatic carbocycles. The zero-order valence-electron chi connectivity index (χ0n) is 17.1. The van der Waals surface area contributed by atoms with Gasteiger partial charge in [-0.1, -0.05) is 32.9 Å². The molecule has 4 unspecified atom stereocenters. The molecule has 0 aromatic carbocycles. The molecule has 2 aliphatic rings. The van der Waals surface area contributed by atoms with Gasteiger partial charge in [0.25, 0.3) is 0 Å². The molecule has 4 amide bonds. The fraction of sp³-hybridized carbons (Fsp3) is 0.650. The molecule has 29 heavy (non-hydrogen) atoms. The summed E-state index contributed by atoms with van der Waals surface area (Å²) < 4.78 is 0. The summed E-state index contributed by atoms with van der Waals surface area (Å²) in [7, 11) is 0. The molecule has 158 valence electrons. The topological polar surface area (TPSA) is 140 Å². The third-order valence-corrected chi connectivity index (χ3v) is 5.08. The van der Waals surface area contributed by atoms with Crippen LogP contribution in [0.25, 0.3) is 0 Å². The molecule has 9 nitrogen and oxygen atoms in total. The molecule has 0 saturated carbocycles. The molecular formula is C20H29N5O4. The van der Waals surface area contributed by atoms with Gasteiger partial charge in [-0.05, 0) is 19.3 Å². The van der Waals surface area contributed by atoms with Gasteiger partial charge in [0.1, 0.15) is 12.1 Å². The van der Waals surface area contributed by atoms with Crippen molar-refractivity contribution in [2.45, 2.75) is 52.1 Å². The van der Waals surface area contributed by atoms with Gasteiger partial charge >= 0.3 is 0 Å². The molecule has 2 heterocycles. The predicted molar refractivity (Wildman–Crippen MR) is 105 cm³/mol. The zero-order chi connectivity index (χ0) is 21.6. The molecule has 1 fully saturated rings. The Hall–Kier alpha value is -2.89. The lowest BCUT2D eigenvalue weighted by atomic mass is 9.88. The number of amides is 4. The van der Waals surface area contributed by atoms with Crippen molar-refractivity contribution < 1.29 is 19.2 Å². The van der Waals surface area contributed by atoms with Crippen molar-refractivity contribution in [3.63, 3.8) is 0 Å². The first-order valence-corrected chi connectivity index (χ1v) is 9.84. The summed E-state index contributed by atoms with van der Waals surface area (Å²) in [6.07, 6.45) is 4.90. The van der Waals surface area contributed by atoms with E-state index in [9.17, 15) is 24.4 Å². The lowest BCUT2D eigenvalue weighted by Gasteiger charge is -2.24. The first kappa shape index (κ1) is 22.4. The number of hydrogen-bond acceptors (Lipinski definition) is 5. The van der Waals surface area contributed by atoms with Crippen LogP contribution in [0.5, 0.6) is 0 Å². The van der Waals surface area contributed by atoms with Crippen LogP contribution in [0.2, 0.25) is 0 Å². The maximum absolute atomic E-state index is 12.5. The third-order valence-electron chi connectivity index (χ3n) is 5.08. The normalized spacial score (nSPS) is 29.9. The monoisotopic (exact) mass is 403 g/mol. The van der Waals surface area contributed by atoms with Crippen molar-refractivity contribution in [1.82, 2.24) is 21.3 Å². The molecule has 4 N–H and O–H groups in total. The molecule has 0 aromatic heterocycles. The van der Waals surface area contributed by atoms with Crippen molar-refractivity contribution in [3.8, 4) is 6.07 Å². The number of nitriles is 1. The van der Waals surface area contributed by atoms with Gasteiger partial charge in [-0.2, -0.15) is 5.26 Å². The Morgan fingerprint density at radius 1 is 1.21 bits per heavy atom. The minimum Gasteiger partial charge on any atom is -0.355 e. The number of hydrogen-bond donors (Lipinski definition) is 4. The highest BCUT2D eigenvalue weighted by Crippen LogP contribution is 2.25. The second-order valence-electron chi connectivity index (χ2n) is 8.50. The van der Waals surface area contributed by atoms with Crippen LogP contribution in [0.15, 0.2) is 12.2 Å². The van der Waals surface area contributed by atoms with Crippen molar-refractivity contribution in [3.05, 3.63) is 12.2 Å². The number of carbonyl (C=O) groups excluding carboxylic acids is 4. The number of nitrogens with zero attached hydrogens (tertiary/aromatic N) is 1. The van der Waals surface area contributed by atoms with Gasteiger partial charge in [-0.25, -0.2) is 0 Å². The van der Waals surface area contributed by atoms with E-state index >= 15 is 0 Å². The smallest absolute Gasteiger partial charge is 0.243 e. The van der Waals surface area contributed by atoms with Gasteiger partial charge in [0, 0.05) is 23.8 Å². The lowest BCUT2D eigenvalue weighted by molar-refractivity contribution is -0.134. The Morgan fingerprint density at radius 3 is 2.59 bits per heavy atom. The molecule has 0 spiro atoms. The van der Waals surface area contributed by atoms with E-state index in [1.54, 1.807) is 20.8 Å². The van der Waals surface area contributed by atoms with Crippen LogP contribution < -0.4 is 21.3 Å². The Bertz CT molecular complexity index is 734. The van der Waals surface area contributed by atoms with Crippen LogP contribution in [-0.4, -0.2) is 48.8 Å². The fourth-order valence-electron chi connectivity index (χ4n) is 3.28. The second-order valence-corrected chi connectivity index (χ2v) is 8.50. The van der Waals surface area contributed by atoms with E-state index in [-0.39, 0.29) is 30.7 Å². The van der Waals surface area contributed by atoms with Crippen molar-refractivity contribution in [1.29, 1.82) is 5.26 Å². The Labute approximate surface area is 170 Å². The Balaban J connectivity index is 2.18. The van der Waals surface area contributed by atoms with E-state index in [4.69, 9.17) is 0 Å². The molecular weight excluding hydrogens is 374 g/mol. The highest BCUT2D eigenvalue weighted by atomic mass is 16.2. The van der Waals surface area contributed by atoms with E-state index in [2.05, 4.69) is 21.3 Å². The number of carbonyl (C=O) groups is 4. The summed E-state index contributed by atoms with van der Waals surface area (Å²) in [5.74, 6) is -1.85. The molecule has 4 atom stereocenters. The van der Waals surface area contributed by atoms with E-state index in [0.717, 1.165) is 0 Å². The molecule has 0 radical (unpaired) electrons. The van der Waals surface area contributed by atoms with Crippen molar-refractivity contribution >= 4 is 23.6 Å². The molecule has 9 heteroatoms. The van der Waals surface area contributed by atoms with Gasteiger partial charge in [-0.3, -0.25) is 19.2 Å². The van der Waals surface area contributed by atoms with Crippen LogP contribution >= 0.6 is 0 Å². The summed E-state index contributed by atoms with van der Waals surface area (Å²) in [6.45, 7) is 5.42. The standard InChI is InChI=1S/C20H29N5O4/c1-20(2,3)19(29)25-15-7-5-4-6-12-10-22-17(27)14(12)8-13(9-21)24-16(26)11-23-18(15)28/h4,6,12-15H,5,7-8,10-11H2,1-3H3,(H,22,27)(H,23,28)(H,24,26)(H,25,29)/b6-4+. The molecule has 0 bridgehead atoms. The van der Waals surface area contributed by atoms with Gasteiger partial charge in [0.15, 0.2) is 0 Å². The number of fused-ring (bicyclic) bond motifs is 1. The summed E-state index contributed by atoms with van der Waals surface area (Å²) >= 11 is 0. The van der Waals surface area contributed by atoms with Crippen LogP contribution in [0.4, 0.5) is 0 Å². The Kier molecular flexibility index (Phi) is 7.37. The van der Waals surface area contributed by atoms with Crippen LogP contribution in [0.3, 0.4) is 0 Å². The molecule has 2 rings (SSSR count). The summed E-state index contributed by atoms with van der Waals surface area (Å²) in [5.41, 5.74) is -0.657. The minimum atomic E-state index is -0.830. The third kappa shape index (κ3) is 6.31. The minimum absolute atomic E-state index is 0.0883. The van der Waals surface area contributed by atoms with E-state index in [1.807, 2.05) is 18.2 Å². The fourth-order valence-corrected chi connectivity index (χ4v) is 3.28. The van der Waals surface area contributed by atoms with Crippen LogP contribution in [0.1, 0.15) is 40.0 Å². The van der Waals surface area contributed by atoms with Crippen LogP contribution in [0, 0.1) is 28.6 Å². The Morgan fingerprint density at radius 2 is 1.93 bits per heavy atom. The van der Waals surface area contributed by atoms with E-state index in [1.165, 1.54) is 0 Å². The quantitative estimate of drug-likeness (QED) is 0.447. The van der Waals surface area contributed by atoms with Gasteiger partial charge in [0.2, 0.25) is 23.6 Å². The summed E-state index contributed by atoms with van der Waals surface area (Å²) in [5, 5.41) is 19.9. The number of allylic oxidation sites excluding steroid dienone is 1. The average Bonchev–Trinajstić information content (AvgIpc) is 2.99. The lowest BCUT2D eigenvalue weighted by Crippen LogP contribution is -2.52. The second kappa shape index (κ2) is 9.54. The molecule has 1 saturated heterocycles. The SMILES string of the molecule is CC(C)(C)C(=O)NC1CC/C=C/C2CNC(=O)C2CC(C#N)NC(=O)CNC1=O. The highest BCUT2D eigenvalue weighted by Gasteiger charge is 2.35. The highest BCUT2D eigenvalue weighted by molar-refractivity contribution is 5.91. The van der Waals surface area contributed by atoms with Gasteiger partial charge < -0.3 is 21.3 Å². The van der Waals surface area contributed by atoms with Crippen LogP contribution in [-0.2, 0) is 19.2 Å². The van der Waals surface area contributed by atoms with Gasteiger partial charge in [-0.15, -0.1) is 0 Å². The zero-order valence-corrected chi connectivity index (χ0v) is 17.1. The van der Waals surface area contributed by atoms with Gasteiger partial charge in [0.05, 0.1) is 12.6 Å². The number of rotatable bonds is 1. The maximum Gasteiger partial charge on any atom is 0.243 e. The number of nitrogens with one attached hydrogen (secondary N) is 4. The largest absolute Gasteiger partial charge is 0.355 e. The first-order valence-electron chi connectivity index (χ1n) is 9.84. The predicted octanol–water partition coefficient (Wildman–Crippen LogP) is -0.256. The molecule has 0 aromatic rings. The average molecular weight is 403 g/mol. The summed E-state index contributed by atoms with van der Waals surface area (Å²) in [6, 6.07) is 0.390. The molecule has 2 aliphatic heterocycles. The van der Waals surface area contributed by atoms with E-state index < -0.39 is 35.2 Å². The maximum atomic E-state index is 12.5. The van der Waals surface area contributed by atoms with Crippen molar-refractivity contribution in [2.24, 2.45) is 17.3 Å².